The Hall–Kier alpha value is -2.03. The minimum atomic E-state index is -0.309. The first-order valence-corrected chi connectivity index (χ1v) is 12.0. The number of hydrogen-bond donors (Lipinski definition) is 1. The van der Waals surface area contributed by atoms with Crippen LogP contribution in [-0.4, -0.2) is 17.7 Å². The summed E-state index contributed by atoms with van der Waals surface area (Å²) in [6.07, 6.45) is 25.6. The second kappa shape index (κ2) is 19.0. The van der Waals surface area contributed by atoms with Gasteiger partial charge in [-0.2, -0.15) is 0 Å². The Labute approximate surface area is 184 Å². The van der Waals surface area contributed by atoms with E-state index in [0.717, 1.165) is 18.4 Å². The lowest BCUT2D eigenvalue weighted by Crippen LogP contribution is -2.02. The molecule has 0 heterocycles. The number of allylic oxidation sites excluding steroid dienone is 2. The minimum Gasteiger partial charge on any atom is -0.508 e. The summed E-state index contributed by atoms with van der Waals surface area (Å²) in [5.74, 6) is -0.0921. The van der Waals surface area contributed by atoms with E-state index in [-0.39, 0.29) is 11.7 Å². The third-order valence-corrected chi connectivity index (χ3v) is 5.21. The zero-order chi connectivity index (χ0) is 21.7. The van der Waals surface area contributed by atoms with Gasteiger partial charge in [0.25, 0.3) is 0 Å². The van der Waals surface area contributed by atoms with Crippen molar-refractivity contribution in [3.63, 3.8) is 0 Å². The van der Waals surface area contributed by atoms with Gasteiger partial charge < -0.3 is 9.84 Å². The van der Waals surface area contributed by atoms with E-state index in [0.29, 0.717) is 6.61 Å². The van der Waals surface area contributed by atoms with Crippen LogP contribution in [-0.2, 0) is 9.53 Å². The number of aromatic hydroxyl groups is 1. The van der Waals surface area contributed by atoms with E-state index in [9.17, 15) is 9.90 Å². The molecule has 0 atom stereocenters. The van der Waals surface area contributed by atoms with Crippen LogP contribution in [0.4, 0.5) is 0 Å². The maximum Gasteiger partial charge on any atom is 0.330 e. The fraction of sp³-hybridized carbons (Fsp3) is 0.593. The number of carbonyl (C=O) groups is 1. The van der Waals surface area contributed by atoms with Gasteiger partial charge in [0.05, 0.1) is 6.61 Å². The lowest BCUT2D eigenvalue weighted by atomic mass is 10.1. The standard InChI is InChI=1S/C27H42O3/c1-2-3-4-5-6-7-8-9-10-11-12-13-14-15-16-17-24-30-27(29)23-20-25-18-21-26(28)22-19-25/h9-10,18-23,28H,2-8,11-17,24H2,1H3/b10-9-,23-20+. The first kappa shape index (κ1) is 26.0. The molecule has 0 aliphatic heterocycles. The molecule has 0 bridgehead atoms. The highest BCUT2D eigenvalue weighted by Crippen LogP contribution is 2.12. The fourth-order valence-electron chi connectivity index (χ4n) is 3.32. The summed E-state index contributed by atoms with van der Waals surface area (Å²) in [5.41, 5.74) is 0.863. The highest BCUT2D eigenvalue weighted by atomic mass is 16.5. The quantitative estimate of drug-likeness (QED) is 0.115. The Balaban J connectivity index is 1.85. The molecule has 0 saturated heterocycles. The zero-order valence-corrected chi connectivity index (χ0v) is 19.0. The number of unbranched alkanes of at least 4 members (excludes halogenated alkanes) is 12. The molecule has 1 aromatic carbocycles. The van der Waals surface area contributed by atoms with Crippen molar-refractivity contribution in [2.45, 2.75) is 96.8 Å². The van der Waals surface area contributed by atoms with Crippen molar-refractivity contribution in [2.24, 2.45) is 0 Å². The molecular weight excluding hydrogens is 372 g/mol. The van der Waals surface area contributed by atoms with Gasteiger partial charge in [0.1, 0.15) is 5.75 Å². The first-order chi connectivity index (χ1) is 14.7. The normalized spacial score (nSPS) is 11.5. The molecule has 1 rings (SSSR count). The Bertz CT molecular complexity index is 587. The summed E-state index contributed by atoms with van der Waals surface area (Å²) in [6, 6.07) is 6.70. The van der Waals surface area contributed by atoms with E-state index in [2.05, 4.69) is 19.1 Å². The van der Waals surface area contributed by atoms with Gasteiger partial charge in [0.15, 0.2) is 0 Å². The number of hydrogen-bond acceptors (Lipinski definition) is 3. The second-order valence-corrected chi connectivity index (χ2v) is 8.03. The summed E-state index contributed by atoms with van der Waals surface area (Å²) in [6.45, 7) is 2.75. The predicted octanol–water partition coefficient (Wildman–Crippen LogP) is 7.99. The zero-order valence-electron chi connectivity index (χ0n) is 19.0. The molecule has 1 aromatic rings. The predicted molar refractivity (Wildman–Crippen MR) is 128 cm³/mol. The first-order valence-electron chi connectivity index (χ1n) is 12.0. The molecule has 168 valence electrons. The molecule has 3 nitrogen and oxygen atoms in total. The van der Waals surface area contributed by atoms with Crippen LogP contribution in [0.1, 0.15) is 102 Å². The van der Waals surface area contributed by atoms with Crippen LogP contribution < -0.4 is 0 Å². The Morgan fingerprint density at radius 1 is 0.800 bits per heavy atom. The molecule has 0 fully saturated rings. The Morgan fingerprint density at radius 2 is 1.33 bits per heavy atom. The van der Waals surface area contributed by atoms with Crippen molar-refractivity contribution < 1.29 is 14.6 Å². The average Bonchev–Trinajstić information content (AvgIpc) is 2.75. The molecule has 0 aromatic heterocycles. The number of ether oxygens (including phenoxy) is 1. The molecule has 3 heteroatoms. The van der Waals surface area contributed by atoms with Crippen molar-refractivity contribution in [3.8, 4) is 5.75 Å². The monoisotopic (exact) mass is 414 g/mol. The van der Waals surface area contributed by atoms with Crippen molar-refractivity contribution >= 4 is 12.0 Å². The van der Waals surface area contributed by atoms with Crippen molar-refractivity contribution in [1.82, 2.24) is 0 Å². The van der Waals surface area contributed by atoms with Crippen LogP contribution in [0.15, 0.2) is 42.5 Å². The fourth-order valence-corrected chi connectivity index (χ4v) is 3.32. The van der Waals surface area contributed by atoms with Crippen LogP contribution in [0.5, 0.6) is 5.75 Å². The molecule has 1 N–H and O–H groups in total. The molecule has 0 radical (unpaired) electrons. The van der Waals surface area contributed by atoms with Crippen molar-refractivity contribution in [1.29, 1.82) is 0 Å². The number of carbonyl (C=O) groups excluding carboxylic acids is 1. The van der Waals surface area contributed by atoms with Crippen LogP contribution in [0.3, 0.4) is 0 Å². The van der Waals surface area contributed by atoms with E-state index in [4.69, 9.17) is 4.74 Å². The van der Waals surface area contributed by atoms with E-state index in [1.54, 1.807) is 30.3 Å². The van der Waals surface area contributed by atoms with E-state index < -0.39 is 0 Å². The topological polar surface area (TPSA) is 46.5 Å². The molecule has 0 amide bonds. The number of phenolic OH excluding ortho intramolecular Hbond substituents is 1. The average molecular weight is 415 g/mol. The van der Waals surface area contributed by atoms with Gasteiger partial charge in [-0.1, -0.05) is 89.0 Å². The van der Waals surface area contributed by atoms with Gasteiger partial charge in [-0.3, -0.25) is 0 Å². The van der Waals surface area contributed by atoms with Gasteiger partial charge in [-0.15, -0.1) is 0 Å². The van der Waals surface area contributed by atoms with Crippen molar-refractivity contribution in [3.05, 3.63) is 48.1 Å². The summed E-state index contributed by atoms with van der Waals surface area (Å²) >= 11 is 0. The number of rotatable bonds is 18. The third-order valence-electron chi connectivity index (χ3n) is 5.21. The van der Waals surface area contributed by atoms with Gasteiger partial charge >= 0.3 is 5.97 Å². The molecule has 0 saturated carbocycles. The number of benzene rings is 1. The highest BCUT2D eigenvalue weighted by molar-refractivity contribution is 5.87. The SMILES string of the molecule is CCCCCCCC/C=C\CCCCCCCCOC(=O)/C=C/c1ccc(O)cc1. The lowest BCUT2D eigenvalue weighted by molar-refractivity contribution is -0.137. The second-order valence-electron chi connectivity index (χ2n) is 8.03. The lowest BCUT2D eigenvalue weighted by Gasteiger charge is -2.03. The Kier molecular flexibility index (Phi) is 16.4. The molecule has 0 unspecified atom stereocenters. The molecular formula is C27H42O3. The molecule has 30 heavy (non-hydrogen) atoms. The Morgan fingerprint density at radius 3 is 1.93 bits per heavy atom. The van der Waals surface area contributed by atoms with Gasteiger partial charge in [-0.25, -0.2) is 4.79 Å². The molecule has 0 spiro atoms. The van der Waals surface area contributed by atoms with Gasteiger partial charge in [0, 0.05) is 6.08 Å². The molecule has 0 aliphatic carbocycles. The van der Waals surface area contributed by atoms with Crippen molar-refractivity contribution in [2.75, 3.05) is 6.61 Å². The molecule has 0 aliphatic rings. The summed E-state index contributed by atoms with van der Waals surface area (Å²) in [4.78, 5) is 11.7. The van der Waals surface area contributed by atoms with Gasteiger partial charge in [0.2, 0.25) is 0 Å². The summed E-state index contributed by atoms with van der Waals surface area (Å²) < 4.78 is 5.22. The minimum absolute atomic E-state index is 0.217. The van der Waals surface area contributed by atoms with Crippen LogP contribution in [0.2, 0.25) is 0 Å². The van der Waals surface area contributed by atoms with Crippen LogP contribution in [0.25, 0.3) is 6.08 Å². The largest absolute Gasteiger partial charge is 0.508 e. The summed E-state index contributed by atoms with van der Waals surface area (Å²) in [7, 11) is 0. The summed E-state index contributed by atoms with van der Waals surface area (Å²) in [5, 5.41) is 9.23. The highest BCUT2D eigenvalue weighted by Gasteiger charge is 1.98. The van der Waals surface area contributed by atoms with E-state index in [1.165, 1.54) is 83.1 Å². The van der Waals surface area contributed by atoms with Crippen LogP contribution in [0, 0.1) is 0 Å². The van der Waals surface area contributed by atoms with E-state index in [1.807, 2.05) is 0 Å². The number of esters is 1. The third kappa shape index (κ3) is 15.8. The van der Waals surface area contributed by atoms with Gasteiger partial charge in [-0.05, 0) is 55.9 Å². The smallest absolute Gasteiger partial charge is 0.330 e. The maximum atomic E-state index is 11.7. The van der Waals surface area contributed by atoms with E-state index >= 15 is 0 Å². The maximum absolute atomic E-state index is 11.7. The van der Waals surface area contributed by atoms with Crippen LogP contribution >= 0.6 is 0 Å². The number of phenols is 1.